The maximum Gasteiger partial charge on any atom is 0.0900 e. The minimum atomic E-state index is -0.385. The molecule has 1 rings (SSSR count). The summed E-state index contributed by atoms with van der Waals surface area (Å²) in [5.41, 5.74) is 0. The Kier molecular flexibility index (Phi) is 8.59. The molecule has 0 spiro atoms. The van der Waals surface area contributed by atoms with E-state index in [4.69, 9.17) is 9.47 Å². The molecule has 1 aliphatic heterocycles. The molecule has 0 aromatic carbocycles. The van der Waals surface area contributed by atoms with Crippen LogP contribution in [0, 0.1) is 0 Å². The Hall–Kier alpha value is -0.160. The van der Waals surface area contributed by atoms with E-state index in [1.54, 1.807) is 7.11 Å². The summed E-state index contributed by atoms with van der Waals surface area (Å²) in [6.45, 7) is 5.92. The Morgan fingerprint density at radius 1 is 1.06 bits per heavy atom. The van der Waals surface area contributed by atoms with Gasteiger partial charge in [-0.2, -0.15) is 0 Å². The smallest absolute Gasteiger partial charge is 0.0900 e. The standard InChI is InChI=1S/C14H29NO3/c1-13(11-17-2)18-12-14(16)10-15-8-6-4-3-5-7-9-15/h13-14,16H,3-12H2,1-2H3. The number of hydrogen-bond donors (Lipinski definition) is 1. The van der Waals surface area contributed by atoms with Crippen molar-refractivity contribution in [2.45, 2.75) is 51.2 Å². The third kappa shape index (κ3) is 7.31. The Morgan fingerprint density at radius 3 is 2.28 bits per heavy atom. The lowest BCUT2D eigenvalue weighted by molar-refractivity contribution is -0.0400. The number of aliphatic hydroxyl groups excluding tert-OH is 1. The number of β-amino-alcohol motifs (C(OH)–C–C–N with tert-alkyl or cyclic N) is 1. The van der Waals surface area contributed by atoms with E-state index in [0.717, 1.165) is 19.6 Å². The first-order valence-electron chi connectivity index (χ1n) is 7.23. The fourth-order valence-corrected chi connectivity index (χ4v) is 2.40. The Balaban J connectivity index is 2.14. The molecular weight excluding hydrogens is 230 g/mol. The molecule has 1 heterocycles. The summed E-state index contributed by atoms with van der Waals surface area (Å²) < 4.78 is 10.5. The normalized spacial score (nSPS) is 22.2. The molecule has 0 aromatic rings. The monoisotopic (exact) mass is 259 g/mol. The van der Waals surface area contributed by atoms with E-state index in [0.29, 0.717) is 13.2 Å². The van der Waals surface area contributed by atoms with Crippen LogP contribution < -0.4 is 0 Å². The number of methoxy groups -OCH3 is 1. The zero-order valence-electron chi connectivity index (χ0n) is 11.9. The van der Waals surface area contributed by atoms with Gasteiger partial charge in [0.15, 0.2) is 0 Å². The Bertz CT molecular complexity index is 193. The SMILES string of the molecule is COCC(C)OCC(O)CN1CCCCCCC1. The number of likely N-dealkylation sites (tertiary alicyclic amines) is 1. The maximum atomic E-state index is 9.97. The molecular formula is C14H29NO3. The first-order valence-corrected chi connectivity index (χ1v) is 7.23. The van der Waals surface area contributed by atoms with Crippen LogP contribution in [-0.4, -0.2) is 62.2 Å². The summed E-state index contributed by atoms with van der Waals surface area (Å²) in [5.74, 6) is 0. The van der Waals surface area contributed by atoms with Crippen LogP contribution in [-0.2, 0) is 9.47 Å². The number of ether oxygens (including phenoxy) is 2. The molecule has 4 heteroatoms. The molecule has 0 aromatic heterocycles. The molecule has 0 radical (unpaired) electrons. The average Bonchev–Trinajstić information content (AvgIpc) is 2.30. The van der Waals surface area contributed by atoms with E-state index in [1.165, 1.54) is 32.1 Å². The van der Waals surface area contributed by atoms with Crippen molar-refractivity contribution >= 4 is 0 Å². The molecule has 4 nitrogen and oxygen atoms in total. The van der Waals surface area contributed by atoms with Crippen LogP contribution in [0.15, 0.2) is 0 Å². The third-order valence-corrected chi connectivity index (χ3v) is 3.39. The van der Waals surface area contributed by atoms with E-state index in [2.05, 4.69) is 4.90 Å². The lowest BCUT2D eigenvalue weighted by Crippen LogP contribution is -2.37. The average molecular weight is 259 g/mol. The van der Waals surface area contributed by atoms with Gasteiger partial charge in [-0.3, -0.25) is 0 Å². The molecule has 0 aliphatic carbocycles. The molecule has 0 amide bonds. The molecule has 108 valence electrons. The fourth-order valence-electron chi connectivity index (χ4n) is 2.40. The van der Waals surface area contributed by atoms with Gasteiger partial charge < -0.3 is 19.5 Å². The predicted molar refractivity (Wildman–Crippen MR) is 72.8 cm³/mol. The second kappa shape index (κ2) is 9.73. The van der Waals surface area contributed by atoms with E-state index in [1.807, 2.05) is 6.92 Å². The first kappa shape index (κ1) is 15.9. The van der Waals surface area contributed by atoms with E-state index >= 15 is 0 Å². The Labute approximate surface area is 111 Å². The molecule has 18 heavy (non-hydrogen) atoms. The van der Waals surface area contributed by atoms with E-state index in [9.17, 15) is 5.11 Å². The van der Waals surface area contributed by atoms with Gasteiger partial charge in [0, 0.05) is 13.7 Å². The van der Waals surface area contributed by atoms with Crippen LogP contribution in [0.2, 0.25) is 0 Å². The number of aliphatic hydroxyl groups is 1. The highest BCUT2D eigenvalue weighted by atomic mass is 16.5. The lowest BCUT2D eigenvalue weighted by atomic mass is 10.1. The van der Waals surface area contributed by atoms with Crippen molar-refractivity contribution in [1.82, 2.24) is 4.90 Å². The summed E-state index contributed by atoms with van der Waals surface area (Å²) >= 11 is 0. The molecule has 1 fully saturated rings. The fraction of sp³-hybridized carbons (Fsp3) is 1.00. The van der Waals surface area contributed by atoms with Gasteiger partial charge in [0.25, 0.3) is 0 Å². The highest BCUT2D eigenvalue weighted by Gasteiger charge is 2.14. The van der Waals surface area contributed by atoms with Gasteiger partial charge in [-0.05, 0) is 32.9 Å². The first-order chi connectivity index (χ1) is 8.72. The van der Waals surface area contributed by atoms with Gasteiger partial charge >= 0.3 is 0 Å². The van der Waals surface area contributed by atoms with Gasteiger partial charge in [-0.15, -0.1) is 0 Å². The molecule has 2 atom stereocenters. The van der Waals surface area contributed by atoms with Crippen molar-refractivity contribution in [3.8, 4) is 0 Å². The van der Waals surface area contributed by atoms with Crippen molar-refractivity contribution in [1.29, 1.82) is 0 Å². The molecule has 0 bridgehead atoms. The van der Waals surface area contributed by atoms with Crippen LogP contribution in [0.5, 0.6) is 0 Å². The highest BCUT2D eigenvalue weighted by Crippen LogP contribution is 2.10. The number of nitrogens with zero attached hydrogens (tertiary/aromatic N) is 1. The van der Waals surface area contributed by atoms with Crippen LogP contribution in [0.4, 0.5) is 0 Å². The second-order valence-corrected chi connectivity index (χ2v) is 5.32. The quantitative estimate of drug-likeness (QED) is 0.755. The zero-order chi connectivity index (χ0) is 13.2. The molecule has 1 N–H and O–H groups in total. The third-order valence-electron chi connectivity index (χ3n) is 3.39. The summed E-state index contributed by atoms with van der Waals surface area (Å²) in [4.78, 5) is 2.37. The number of hydrogen-bond acceptors (Lipinski definition) is 4. The van der Waals surface area contributed by atoms with Crippen molar-refractivity contribution in [3.63, 3.8) is 0 Å². The van der Waals surface area contributed by atoms with Crippen molar-refractivity contribution < 1.29 is 14.6 Å². The van der Waals surface area contributed by atoms with Crippen molar-refractivity contribution in [3.05, 3.63) is 0 Å². The van der Waals surface area contributed by atoms with Crippen LogP contribution >= 0.6 is 0 Å². The lowest BCUT2D eigenvalue weighted by Gasteiger charge is -2.27. The van der Waals surface area contributed by atoms with Gasteiger partial charge in [0.2, 0.25) is 0 Å². The van der Waals surface area contributed by atoms with E-state index in [-0.39, 0.29) is 12.2 Å². The van der Waals surface area contributed by atoms with Gasteiger partial charge in [-0.25, -0.2) is 0 Å². The van der Waals surface area contributed by atoms with Crippen LogP contribution in [0.3, 0.4) is 0 Å². The zero-order valence-corrected chi connectivity index (χ0v) is 11.9. The van der Waals surface area contributed by atoms with Crippen LogP contribution in [0.1, 0.15) is 39.0 Å². The summed E-state index contributed by atoms with van der Waals surface area (Å²) in [7, 11) is 1.66. The van der Waals surface area contributed by atoms with Crippen LogP contribution in [0.25, 0.3) is 0 Å². The minimum absolute atomic E-state index is 0.0528. The van der Waals surface area contributed by atoms with Gasteiger partial charge in [-0.1, -0.05) is 19.3 Å². The molecule has 2 unspecified atom stereocenters. The van der Waals surface area contributed by atoms with Crippen molar-refractivity contribution in [2.75, 3.05) is 40.0 Å². The molecule has 1 aliphatic rings. The largest absolute Gasteiger partial charge is 0.389 e. The maximum absolute atomic E-state index is 9.97. The van der Waals surface area contributed by atoms with Crippen molar-refractivity contribution in [2.24, 2.45) is 0 Å². The summed E-state index contributed by atoms with van der Waals surface area (Å²) in [6, 6.07) is 0. The van der Waals surface area contributed by atoms with Gasteiger partial charge in [0.05, 0.1) is 25.4 Å². The molecule has 0 saturated carbocycles. The highest BCUT2D eigenvalue weighted by molar-refractivity contribution is 4.67. The minimum Gasteiger partial charge on any atom is -0.389 e. The topological polar surface area (TPSA) is 41.9 Å². The summed E-state index contributed by atoms with van der Waals surface area (Å²) in [5, 5.41) is 9.97. The Morgan fingerprint density at radius 2 is 1.67 bits per heavy atom. The predicted octanol–water partition coefficient (Wildman–Crippen LogP) is 1.66. The number of rotatable bonds is 7. The molecule has 1 saturated heterocycles. The second-order valence-electron chi connectivity index (χ2n) is 5.32. The van der Waals surface area contributed by atoms with Gasteiger partial charge in [0.1, 0.15) is 0 Å². The van der Waals surface area contributed by atoms with E-state index < -0.39 is 0 Å². The summed E-state index contributed by atoms with van der Waals surface area (Å²) in [6.07, 6.45) is 6.21.